The van der Waals surface area contributed by atoms with Gasteiger partial charge in [0.1, 0.15) is 5.69 Å². The number of anilines is 1. The molecule has 0 bridgehead atoms. The van der Waals surface area contributed by atoms with Gasteiger partial charge in [-0.3, -0.25) is 14.8 Å². The molecule has 0 atom stereocenters. The van der Waals surface area contributed by atoms with Crippen LogP contribution in [0.15, 0.2) is 30.6 Å². The van der Waals surface area contributed by atoms with Crippen molar-refractivity contribution in [1.29, 1.82) is 0 Å². The lowest BCUT2D eigenvalue weighted by Gasteiger charge is -2.10. The SMILES string of the molecule is CCOc1cccc(NCCCn2ccnn2)c1[N+](=O)[O-]. The fourth-order valence-corrected chi connectivity index (χ4v) is 1.94. The number of para-hydroxylation sites is 1. The van der Waals surface area contributed by atoms with Crippen molar-refractivity contribution in [2.45, 2.75) is 19.9 Å². The van der Waals surface area contributed by atoms with E-state index in [9.17, 15) is 10.1 Å². The second-order valence-electron chi connectivity index (χ2n) is 4.29. The average molecular weight is 291 g/mol. The molecule has 21 heavy (non-hydrogen) atoms. The van der Waals surface area contributed by atoms with Crippen molar-refractivity contribution in [2.24, 2.45) is 0 Å². The maximum Gasteiger partial charge on any atom is 0.333 e. The Morgan fingerprint density at radius 3 is 3.00 bits per heavy atom. The number of nitrogens with zero attached hydrogens (tertiary/aromatic N) is 4. The molecule has 0 saturated carbocycles. The van der Waals surface area contributed by atoms with Gasteiger partial charge in [-0.25, -0.2) is 0 Å². The maximum absolute atomic E-state index is 11.2. The molecule has 0 aliphatic heterocycles. The summed E-state index contributed by atoms with van der Waals surface area (Å²) in [4.78, 5) is 10.8. The van der Waals surface area contributed by atoms with E-state index in [1.807, 2.05) is 0 Å². The Balaban J connectivity index is 1.98. The largest absolute Gasteiger partial charge is 0.487 e. The first-order chi connectivity index (χ1) is 10.2. The third-order valence-corrected chi connectivity index (χ3v) is 2.83. The van der Waals surface area contributed by atoms with E-state index in [1.165, 1.54) is 0 Å². The lowest BCUT2D eigenvalue weighted by Crippen LogP contribution is -2.09. The van der Waals surface area contributed by atoms with Crippen LogP contribution in [0.3, 0.4) is 0 Å². The lowest BCUT2D eigenvalue weighted by molar-refractivity contribution is -0.384. The molecule has 112 valence electrons. The molecule has 1 aromatic carbocycles. The monoisotopic (exact) mass is 291 g/mol. The molecule has 0 aliphatic carbocycles. The van der Waals surface area contributed by atoms with Crippen LogP contribution in [0, 0.1) is 10.1 Å². The first-order valence-corrected chi connectivity index (χ1v) is 6.70. The molecule has 8 nitrogen and oxygen atoms in total. The molecule has 0 saturated heterocycles. The summed E-state index contributed by atoms with van der Waals surface area (Å²) < 4.78 is 7.02. The van der Waals surface area contributed by atoms with Gasteiger partial charge in [0, 0.05) is 19.3 Å². The van der Waals surface area contributed by atoms with Gasteiger partial charge in [-0.2, -0.15) is 0 Å². The van der Waals surface area contributed by atoms with Gasteiger partial charge in [0.15, 0.2) is 5.75 Å². The summed E-state index contributed by atoms with van der Waals surface area (Å²) in [6.07, 6.45) is 4.17. The topological polar surface area (TPSA) is 95.1 Å². The van der Waals surface area contributed by atoms with Crippen molar-refractivity contribution in [3.63, 3.8) is 0 Å². The molecule has 0 aliphatic rings. The zero-order valence-corrected chi connectivity index (χ0v) is 11.7. The van der Waals surface area contributed by atoms with Crippen LogP contribution in [0.4, 0.5) is 11.4 Å². The number of aromatic nitrogens is 3. The molecule has 1 heterocycles. The van der Waals surface area contributed by atoms with Crippen molar-refractivity contribution in [1.82, 2.24) is 15.0 Å². The van der Waals surface area contributed by atoms with Crippen molar-refractivity contribution >= 4 is 11.4 Å². The Labute approximate surface area is 121 Å². The molecule has 1 N–H and O–H groups in total. The smallest absolute Gasteiger partial charge is 0.333 e. The minimum Gasteiger partial charge on any atom is -0.487 e. The highest BCUT2D eigenvalue weighted by Crippen LogP contribution is 2.34. The van der Waals surface area contributed by atoms with E-state index in [-0.39, 0.29) is 11.4 Å². The summed E-state index contributed by atoms with van der Waals surface area (Å²) in [5.74, 6) is 0.281. The Morgan fingerprint density at radius 1 is 1.48 bits per heavy atom. The second kappa shape index (κ2) is 7.22. The summed E-state index contributed by atoms with van der Waals surface area (Å²) in [5, 5.41) is 21.8. The van der Waals surface area contributed by atoms with E-state index in [1.54, 1.807) is 42.2 Å². The van der Waals surface area contributed by atoms with Gasteiger partial charge in [-0.05, 0) is 25.5 Å². The molecule has 0 amide bonds. The van der Waals surface area contributed by atoms with Crippen LogP contribution in [0.25, 0.3) is 0 Å². The summed E-state index contributed by atoms with van der Waals surface area (Å²) in [7, 11) is 0. The predicted molar refractivity (Wildman–Crippen MR) is 77.4 cm³/mol. The van der Waals surface area contributed by atoms with Crippen LogP contribution in [0.5, 0.6) is 5.75 Å². The van der Waals surface area contributed by atoms with Gasteiger partial charge in [0.25, 0.3) is 0 Å². The Kier molecular flexibility index (Phi) is 5.08. The number of rotatable bonds is 8. The summed E-state index contributed by atoms with van der Waals surface area (Å²) in [5.41, 5.74) is 0.435. The third-order valence-electron chi connectivity index (χ3n) is 2.83. The molecule has 1 aromatic heterocycles. The Morgan fingerprint density at radius 2 is 2.33 bits per heavy atom. The highest BCUT2D eigenvalue weighted by atomic mass is 16.6. The van der Waals surface area contributed by atoms with E-state index in [0.29, 0.717) is 25.4 Å². The molecule has 0 fully saturated rings. The standard InChI is InChI=1S/C13H17N5O3/c1-2-21-12-6-3-5-11(13(12)18(19)20)14-7-4-9-17-10-8-15-16-17/h3,5-6,8,10,14H,2,4,7,9H2,1H3. The lowest BCUT2D eigenvalue weighted by atomic mass is 10.2. The predicted octanol–water partition coefficient (Wildman–Crippen LogP) is 2.09. The number of benzene rings is 1. The van der Waals surface area contributed by atoms with Crippen molar-refractivity contribution in [2.75, 3.05) is 18.5 Å². The van der Waals surface area contributed by atoms with Gasteiger partial charge in [0.2, 0.25) is 0 Å². The molecular weight excluding hydrogens is 274 g/mol. The number of nitrogens with one attached hydrogen (secondary N) is 1. The van der Waals surface area contributed by atoms with Crippen LogP contribution in [-0.4, -0.2) is 33.1 Å². The summed E-state index contributed by atoms with van der Waals surface area (Å²) >= 11 is 0. The number of nitro benzene ring substituents is 1. The first-order valence-electron chi connectivity index (χ1n) is 6.70. The second-order valence-corrected chi connectivity index (χ2v) is 4.29. The van der Waals surface area contributed by atoms with Gasteiger partial charge in [0.05, 0.1) is 17.7 Å². The van der Waals surface area contributed by atoms with Crippen molar-refractivity contribution in [3.05, 3.63) is 40.7 Å². The van der Waals surface area contributed by atoms with Crippen LogP contribution < -0.4 is 10.1 Å². The summed E-state index contributed by atoms with van der Waals surface area (Å²) in [6.45, 7) is 3.47. The first kappa shape index (κ1) is 14.8. The molecule has 2 rings (SSSR count). The van der Waals surface area contributed by atoms with Gasteiger partial charge >= 0.3 is 5.69 Å². The number of nitro groups is 1. The maximum atomic E-state index is 11.2. The molecule has 8 heteroatoms. The zero-order valence-electron chi connectivity index (χ0n) is 11.7. The van der Waals surface area contributed by atoms with E-state index in [2.05, 4.69) is 15.6 Å². The molecule has 0 radical (unpaired) electrons. The van der Waals surface area contributed by atoms with Crippen molar-refractivity contribution in [3.8, 4) is 5.75 Å². The molecule has 0 unspecified atom stereocenters. The van der Waals surface area contributed by atoms with E-state index in [4.69, 9.17) is 4.74 Å². The Hall–Kier alpha value is -2.64. The molecule has 2 aromatic rings. The van der Waals surface area contributed by atoms with Crippen molar-refractivity contribution < 1.29 is 9.66 Å². The number of ether oxygens (including phenoxy) is 1. The third kappa shape index (κ3) is 3.91. The van der Waals surface area contributed by atoms with Gasteiger partial charge in [-0.1, -0.05) is 11.3 Å². The van der Waals surface area contributed by atoms with Crippen LogP contribution in [0.2, 0.25) is 0 Å². The van der Waals surface area contributed by atoms with Crippen LogP contribution in [0.1, 0.15) is 13.3 Å². The molecule has 0 spiro atoms. The highest BCUT2D eigenvalue weighted by Gasteiger charge is 2.20. The fraction of sp³-hybridized carbons (Fsp3) is 0.385. The molecular formula is C13H17N5O3. The van der Waals surface area contributed by atoms with E-state index in [0.717, 1.165) is 6.42 Å². The average Bonchev–Trinajstić information content (AvgIpc) is 2.97. The highest BCUT2D eigenvalue weighted by molar-refractivity contribution is 5.68. The minimum atomic E-state index is -0.426. The fourth-order valence-electron chi connectivity index (χ4n) is 1.94. The Bertz CT molecular complexity index is 585. The van der Waals surface area contributed by atoms with Crippen LogP contribution >= 0.6 is 0 Å². The zero-order chi connectivity index (χ0) is 15.1. The van der Waals surface area contributed by atoms with Gasteiger partial charge in [-0.15, -0.1) is 5.10 Å². The number of hydrogen-bond acceptors (Lipinski definition) is 6. The van der Waals surface area contributed by atoms with E-state index < -0.39 is 4.92 Å². The van der Waals surface area contributed by atoms with E-state index >= 15 is 0 Å². The normalized spacial score (nSPS) is 10.3. The summed E-state index contributed by atoms with van der Waals surface area (Å²) in [6, 6.07) is 5.01. The number of hydrogen-bond donors (Lipinski definition) is 1. The van der Waals surface area contributed by atoms with Gasteiger partial charge < -0.3 is 10.1 Å². The van der Waals surface area contributed by atoms with Crippen LogP contribution in [-0.2, 0) is 6.54 Å². The minimum absolute atomic E-state index is 0.0277. The quantitative estimate of drug-likeness (QED) is 0.454. The number of aryl methyl sites for hydroxylation is 1.